The van der Waals surface area contributed by atoms with Crippen molar-refractivity contribution in [1.29, 1.82) is 0 Å². The topological polar surface area (TPSA) is 79.7 Å². The fraction of sp³-hybridized carbons (Fsp3) is 0.455. The van der Waals surface area contributed by atoms with Crippen LogP contribution in [-0.4, -0.2) is 42.3 Å². The van der Waals surface area contributed by atoms with E-state index in [-0.39, 0.29) is 34.2 Å². The Hall–Kier alpha value is -2.45. The van der Waals surface area contributed by atoms with Gasteiger partial charge in [0.05, 0.1) is 4.90 Å². The minimum absolute atomic E-state index is 0.0127. The molecule has 3 atom stereocenters. The summed E-state index contributed by atoms with van der Waals surface area (Å²) < 4.78 is 30.3. The molecule has 0 spiro atoms. The molecule has 0 radical (unpaired) electrons. The lowest BCUT2D eigenvalue weighted by Crippen LogP contribution is -2.49. The van der Waals surface area contributed by atoms with Crippen molar-refractivity contribution in [2.75, 3.05) is 18.0 Å². The molecule has 3 aliphatic rings. The first-order valence-electron chi connectivity index (χ1n) is 10.4. The Labute approximate surface area is 176 Å². The van der Waals surface area contributed by atoms with Crippen molar-refractivity contribution in [3.05, 3.63) is 58.0 Å². The highest BCUT2D eigenvalue weighted by atomic mass is 32.2. The van der Waals surface area contributed by atoms with E-state index in [1.807, 2.05) is 13.0 Å². The standard InChI is InChI=1S/C22H25N3O4S/c1-14-8-17-10-19(6-7-21(17)25(14)15(2)26)30(28,29)23-11-16-9-18(13-23)20-4-3-5-22(27)24(20)12-16/h3-7,10,14,16,18H,8-9,11-13H2,1-2H3. The van der Waals surface area contributed by atoms with Gasteiger partial charge in [-0.2, -0.15) is 4.31 Å². The van der Waals surface area contributed by atoms with Gasteiger partial charge in [-0.05, 0) is 55.5 Å². The average molecular weight is 428 g/mol. The largest absolute Gasteiger partial charge is 0.312 e. The molecule has 2 aromatic rings. The van der Waals surface area contributed by atoms with Crippen molar-refractivity contribution >= 4 is 21.6 Å². The number of nitrogens with zero attached hydrogens (tertiary/aromatic N) is 3. The summed E-state index contributed by atoms with van der Waals surface area (Å²) in [5.74, 6) is 0.132. The third-order valence-electron chi connectivity index (χ3n) is 6.69. The SMILES string of the molecule is CC(=O)N1c2ccc(S(=O)(=O)N3CC4CC(C3)c3cccc(=O)n3C4)cc2CC1C. The Morgan fingerprint density at radius 1 is 1.10 bits per heavy atom. The summed E-state index contributed by atoms with van der Waals surface area (Å²) in [5.41, 5.74) is 2.62. The fourth-order valence-corrected chi connectivity index (χ4v) is 7.06. The van der Waals surface area contributed by atoms with Crippen molar-refractivity contribution in [2.24, 2.45) is 5.92 Å². The number of carbonyl (C=O) groups excluding carboxylic acids is 1. The smallest absolute Gasteiger partial charge is 0.250 e. The molecule has 4 heterocycles. The van der Waals surface area contributed by atoms with E-state index in [0.717, 1.165) is 23.4 Å². The number of pyridine rings is 1. The molecule has 2 bridgehead atoms. The van der Waals surface area contributed by atoms with E-state index in [1.54, 1.807) is 44.1 Å². The normalized spacial score (nSPS) is 25.7. The van der Waals surface area contributed by atoms with Crippen LogP contribution in [0, 0.1) is 5.92 Å². The van der Waals surface area contributed by atoms with Crippen LogP contribution in [0.3, 0.4) is 0 Å². The number of rotatable bonds is 2. The number of aromatic nitrogens is 1. The van der Waals surface area contributed by atoms with E-state index in [1.165, 1.54) is 6.92 Å². The van der Waals surface area contributed by atoms with Crippen LogP contribution in [0.25, 0.3) is 0 Å². The number of hydrogen-bond acceptors (Lipinski definition) is 4. The summed E-state index contributed by atoms with van der Waals surface area (Å²) in [6.07, 6.45) is 1.56. The molecule has 1 saturated heterocycles. The van der Waals surface area contributed by atoms with Crippen LogP contribution in [0.2, 0.25) is 0 Å². The maximum absolute atomic E-state index is 13.5. The Balaban J connectivity index is 1.47. The lowest BCUT2D eigenvalue weighted by molar-refractivity contribution is -0.116. The summed E-state index contributed by atoms with van der Waals surface area (Å²) in [4.78, 5) is 26.2. The molecule has 30 heavy (non-hydrogen) atoms. The van der Waals surface area contributed by atoms with E-state index in [2.05, 4.69) is 0 Å². The van der Waals surface area contributed by atoms with E-state index in [4.69, 9.17) is 0 Å². The second-order valence-electron chi connectivity index (χ2n) is 8.75. The highest BCUT2D eigenvalue weighted by Crippen LogP contribution is 2.39. The molecule has 0 saturated carbocycles. The van der Waals surface area contributed by atoms with Gasteiger partial charge in [0, 0.05) is 56.0 Å². The molecule has 1 fully saturated rings. The maximum Gasteiger partial charge on any atom is 0.250 e. The molecule has 1 aromatic carbocycles. The van der Waals surface area contributed by atoms with E-state index >= 15 is 0 Å². The first-order valence-corrected chi connectivity index (χ1v) is 11.8. The Morgan fingerprint density at radius 3 is 2.67 bits per heavy atom. The Bertz CT molecular complexity index is 1200. The number of fused-ring (bicyclic) bond motifs is 5. The first-order chi connectivity index (χ1) is 14.3. The van der Waals surface area contributed by atoms with Crippen LogP contribution in [0.15, 0.2) is 46.1 Å². The van der Waals surface area contributed by atoms with E-state index < -0.39 is 10.0 Å². The summed E-state index contributed by atoms with van der Waals surface area (Å²) >= 11 is 0. The zero-order chi connectivity index (χ0) is 21.2. The minimum Gasteiger partial charge on any atom is -0.312 e. The molecular formula is C22H25N3O4S. The van der Waals surface area contributed by atoms with Gasteiger partial charge < -0.3 is 9.47 Å². The predicted molar refractivity (Wildman–Crippen MR) is 113 cm³/mol. The number of amides is 1. The first kappa shape index (κ1) is 19.5. The highest BCUT2D eigenvalue weighted by Gasteiger charge is 2.40. The summed E-state index contributed by atoms with van der Waals surface area (Å²) in [6.45, 7) is 4.88. The monoisotopic (exact) mass is 427 g/mol. The highest BCUT2D eigenvalue weighted by molar-refractivity contribution is 7.89. The van der Waals surface area contributed by atoms with Gasteiger partial charge in [-0.3, -0.25) is 9.59 Å². The third-order valence-corrected chi connectivity index (χ3v) is 8.52. The summed E-state index contributed by atoms with van der Waals surface area (Å²) in [6, 6.07) is 10.4. The molecule has 1 amide bonds. The van der Waals surface area contributed by atoms with Crippen molar-refractivity contribution in [2.45, 2.75) is 50.1 Å². The second-order valence-corrected chi connectivity index (χ2v) is 10.7. The zero-order valence-electron chi connectivity index (χ0n) is 17.1. The van der Waals surface area contributed by atoms with Crippen LogP contribution in [0.4, 0.5) is 5.69 Å². The molecule has 3 unspecified atom stereocenters. The molecule has 158 valence electrons. The van der Waals surface area contributed by atoms with Crippen molar-refractivity contribution < 1.29 is 13.2 Å². The lowest BCUT2D eigenvalue weighted by Gasteiger charge is -2.42. The summed E-state index contributed by atoms with van der Waals surface area (Å²) in [5, 5.41) is 0. The molecule has 0 N–H and O–H groups in total. The maximum atomic E-state index is 13.5. The van der Waals surface area contributed by atoms with Crippen LogP contribution < -0.4 is 10.5 Å². The molecule has 0 aliphatic carbocycles. The third kappa shape index (κ3) is 2.93. The molecule has 7 nitrogen and oxygen atoms in total. The summed E-state index contributed by atoms with van der Waals surface area (Å²) in [7, 11) is -3.65. The number of anilines is 1. The molecule has 1 aromatic heterocycles. The van der Waals surface area contributed by atoms with E-state index in [0.29, 0.717) is 26.1 Å². The van der Waals surface area contributed by atoms with Gasteiger partial charge >= 0.3 is 0 Å². The Kier molecular flexibility index (Phi) is 4.41. The van der Waals surface area contributed by atoms with Gasteiger partial charge in [0.2, 0.25) is 15.9 Å². The van der Waals surface area contributed by atoms with E-state index in [9.17, 15) is 18.0 Å². The van der Waals surface area contributed by atoms with Crippen molar-refractivity contribution in [1.82, 2.24) is 8.87 Å². The number of piperidine rings is 1. The molecule has 8 heteroatoms. The van der Waals surface area contributed by atoms with Gasteiger partial charge in [0.25, 0.3) is 5.56 Å². The van der Waals surface area contributed by atoms with Gasteiger partial charge in [-0.25, -0.2) is 8.42 Å². The van der Waals surface area contributed by atoms with Crippen molar-refractivity contribution in [3.63, 3.8) is 0 Å². The number of carbonyl (C=O) groups is 1. The lowest BCUT2D eigenvalue weighted by atomic mass is 9.84. The zero-order valence-corrected chi connectivity index (χ0v) is 17.9. The number of hydrogen-bond donors (Lipinski definition) is 0. The van der Waals surface area contributed by atoms with Gasteiger partial charge in [0.1, 0.15) is 0 Å². The van der Waals surface area contributed by atoms with Gasteiger partial charge in [-0.15, -0.1) is 0 Å². The predicted octanol–water partition coefficient (Wildman–Crippen LogP) is 1.95. The minimum atomic E-state index is -3.65. The number of benzene rings is 1. The van der Waals surface area contributed by atoms with Gasteiger partial charge in [0.15, 0.2) is 0 Å². The van der Waals surface area contributed by atoms with Crippen molar-refractivity contribution in [3.8, 4) is 0 Å². The van der Waals surface area contributed by atoms with Crippen LogP contribution in [0.1, 0.15) is 37.4 Å². The molecule has 5 rings (SSSR count). The average Bonchev–Trinajstić information content (AvgIpc) is 3.03. The van der Waals surface area contributed by atoms with Crippen LogP contribution in [-0.2, 0) is 27.8 Å². The molecule has 3 aliphatic heterocycles. The second kappa shape index (κ2) is 6.78. The quantitative estimate of drug-likeness (QED) is 0.734. The van der Waals surface area contributed by atoms with Crippen LogP contribution >= 0.6 is 0 Å². The fourth-order valence-electron chi connectivity index (χ4n) is 5.45. The number of sulfonamides is 1. The van der Waals surface area contributed by atoms with Gasteiger partial charge in [-0.1, -0.05) is 6.07 Å². The van der Waals surface area contributed by atoms with Crippen LogP contribution in [0.5, 0.6) is 0 Å². The Morgan fingerprint density at radius 2 is 1.90 bits per heavy atom. The molecular weight excluding hydrogens is 402 g/mol.